The van der Waals surface area contributed by atoms with E-state index >= 15 is 0 Å². The number of halogens is 2. The summed E-state index contributed by atoms with van der Waals surface area (Å²) in [6, 6.07) is 4.85. The van der Waals surface area contributed by atoms with Crippen LogP contribution in [0.4, 0.5) is 9.18 Å². The van der Waals surface area contributed by atoms with Crippen molar-refractivity contribution >= 4 is 36.0 Å². The fraction of sp³-hybridized carbons (Fsp3) is 0.579. The summed E-state index contributed by atoms with van der Waals surface area (Å²) in [4.78, 5) is 18.3. The van der Waals surface area contributed by atoms with Gasteiger partial charge in [0.05, 0.1) is 13.2 Å². The van der Waals surface area contributed by atoms with Gasteiger partial charge in [0.25, 0.3) is 0 Å². The van der Waals surface area contributed by atoms with Crippen molar-refractivity contribution in [3.05, 3.63) is 29.6 Å². The van der Waals surface area contributed by atoms with Gasteiger partial charge in [-0.25, -0.2) is 9.18 Å². The molecule has 1 aliphatic rings. The lowest BCUT2D eigenvalue weighted by Crippen LogP contribution is -2.44. The highest BCUT2D eigenvalue weighted by Gasteiger charge is 2.27. The minimum Gasteiger partial charge on any atom is -0.494 e. The lowest BCUT2D eigenvalue weighted by Gasteiger charge is -2.23. The molecule has 0 saturated carbocycles. The number of alkyl carbamates (subject to hydrolysis) is 1. The van der Waals surface area contributed by atoms with Crippen LogP contribution in [0.5, 0.6) is 5.75 Å². The Balaban J connectivity index is 0.00000392. The van der Waals surface area contributed by atoms with Gasteiger partial charge in [-0.2, -0.15) is 0 Å². The Bertz CT molecular complexity index is 694. The topological polar surface area (TPSA) is 75.2 Å². The number of aliphatic imine (C=N–C) groups is 1. The van der Waals surface area contributed by atoms with Crippen molar-refractivity contribution < 1.29 is 18.7 Å². The minimum atomic E-state index is -0.520. The first-order valence-corrected chi connectivity index (χ1v) is 8.99. The van der Waals surface area contributed by atoms with Gasteiger partial charge < -0.3 is 25.0 Å². The highest BCUT2D eigenvalue weighted by molar-refractivity contribution is 14.0. The Morgan fingerprint density at radius 3 is 2.68 bits per heavy atom. The first kappa shape index (κ1) is 24.3. The van der Waals surface area contributed by atoms with Crippen LogP contribution in [0, 0.1) is 5.82 Å². The quantitative estimate of drug-likeness (QED) is 0.372. The molecule has 0 spiro atoms. The number of carbonyl (C=O) groups excluding carboxylic acids is 1. The maximum Gasteiger partial charge on any atom is 0.407 e. The molecule has 1 atom stereocenters. The highest BCUT2D eigenvalue weighted by Crippen LogP contribution is 2.18. The summed E-state index contributed by atoms with van der Waals surface area (Å²) in [5.41, 5.74) is 0.269. The summed E-state index contributed by atoms with van der Waals surface area (Å²) in [5.74, 6) is 0.535. The molecule has 1 aliphatic heterocycles. The molecule has 1 aromatic carbocycles. The van der Waals surface area contributed by atoms with Gasteiger partial charge in [0.1, 0.15) is 5.60 Å². The molecular formula is C19H30FIN4O3. The first-order chi connectivity index (χ1) is 12.7. The van der Waals surface area contributed by atoms with Crippen LogP contribution in [0.25, 0.3) is 0 Å². The monoisotopic (exact) mass is 508 g/mol. The number of ether oxygens (including phenoxy) is 2. The fourth-order valence-corrected chi connectivity index (χ4v) is 2.88. The number of guanidine groups is 1. The normalized spacial score (nSPS) is 17.0. The third kappa shape index (κ3) is 7.33. The predicted molar refractivity (Wildman–Crippen MR) is 118 cm³/mol. The third-order valence-corrected chi connectivity index (χ3v) is 4.09. The number of carbonyl (C=O) groups is 1. The van der Waals surface area contributed by atoms with E-state index in [9.17, 15) is 9.18 Å². The molecule has 0 aliphatic carbocycles. The van der Waals surface area contributed by atoms with Crippen LogP contribution in [0.1, 0.15) is 32.8 Å². The maximum atomic E-state index is 13.8. The number of amides is 1. The zero-order valence-corrected chi connectivity index (χ0v) is 19.4. The largest absolute Gasteiger partial charge is 0.494 e. The van der Waals surface area contributed by atoms with Crippen LogP contribution >= 0.6 is 24.0 Å². The first-order valence-electron chi connectivity index (χ1n) is 8.99. The van der Waals surface area contributed by atoms with E-state index in [2.05, 4.69) is 20.5 Å². The van der Waals surface area contributed by atoms with Crippen LogP contribution in [0.2, 0.25) is 0 Å². The summed E-state index contributed by atoms with van der Waals surface area (Å²) < 4.78 is 24.0. The number of hydrogen-bond acceptors (Lipinski definition) is 4. The van der Waals surface area contributed by atoms with Crippen molar-refractivity contribution in [1.82, 2.24) is 15.5 Å². The average Bonchev–Trinajstić information content (AvgIpc) is 3.02. The van der Waals surface area contributed by atoms with Crippen molar-refractivity contribution in [1.29, 1.82) is 0 Å². The SMILES string of the molecule is CN=C(NCc1ccc(OC)c(F)c1)N1CCC(NC(=O)OC(C)(C)C)C1.I. The van der Waals surface area contributed by atoms with Crippen molar-refractivity contribution in [3.8, 4) is 5.75 Å². The fourth-order valence-electron chi connectivity index (χ4n) is 2.88. The van der Waals surface area contributed by atoms with Gasteiger partial charge in [0.15, 0.2) is 17.5 Å². The zero-order chi connectivity index (χ0) is 20.0. The molecule has 0 bridgehead atoms. The third-order valence-electron chi connectivity index (χ3n) is 4.09. The van der Waals surface area contributed by atoms with E-state index < -0.39 is 17.5 Å². The molecule has 1 unspecified atom stereocenters. The molecule has 0 aromatic heterocycles. The summed E-state index contributed by atoms with van der Waals surface area (Å²) in [7, 11) is 3.14. The highest BCUT2D eigenvalue weighted by atomic mass is 127. The second-order valence-corrected chi connectivity index (χ2v) is 7.45. The smallest absolute Gasteiger partial charge is 0.407 e. The molecular weight excluding hydrogens is 478 g/mol. The molecule has 1 heterocycles. The van der Waals surface area contributed by atoms with Gasteiger partial charge in [0, 0.05) is 26.7 Å². The molecule has 2 rings (SSSR count). The number of rotatable bonds is 4. The minimum absolute atomic E-state index is 0. The van der Waals surface area contributed by atoms with E-state index in [1.165, 1.54) is 13.2 Å². The average molecular weight is 508 g/mol. The van der Waals surface area contributed by atoms with Crippen LogP contribution in [-0.2, 0) is 11.3 Å². The predicted octanol–water partition coefficient (Wildman–Crippen LogP) is 3.13. The van der Waals surface area contributed by atoms with E-state index in [1.807, 2.05) is 20.8 Å². The van der Waals surface area contributed by atoms with Gasteiger partial charge in [-0.05, 0) is 44.9 Å². The molecule has 1 fully saturated rings. The van der Waals surface area contributed by atoms with Crippen molar-refractivity contribution in [2.24, 2.45) is 4.99 Å². The molecule has 7 nitrogen and oxygen atoms in total. The second-order valence-electron chi connectivity index (χ2n) is 7.45. The summed E-state index contributed by atoms with van der Waals surface area (Å²) in [5, 5.41) is 6.12. The van der Waals surface area contributed by atoms with E-state index in [0.717, 1.165) is 18.5 Å². The molecule has 158 valence electrons. The number of nitrogens with zero attached hydrogens (tertiary/aromatic N) is 2. The molecule has 28 heavy (non-hydrogen) atoms. The Kier molecular flexibility index (Phi) is 9.25. The maximum absolute atomic E-state index is 13.8. The Labute approximate surface area is 183 Å². The summed E-state index contributed by atoms with van der Waals surface area (Å²) >= 11 is 0. The molecule has 1 aromatic rings. The lowest BCUT2D eigenvalue weighted by atomic mass is 10.2. The van der Waals surface area contributed by atoms with Crippen molar-refractivity contribution in [2.75, 3.05) is 27.2 Å². The lowest BCUT2D eigenvalue weighted by molar-refractivity contribution is 0.0507. The number of hydrogen-bond donors (Lipinski definition) is 2. The number of nitrogens with one attached hydrogen (secondary N) is 2. The standard InChI is InChI=1S/C19H29FN4O3.HI/c1-19(2,3)27-18(25)23-14-8-9-24(12-14)17(21-4)22-11-13-6-7-16(26-5)15(20)10-13;/h6-7,10,14H,8-9,11-12H2,1-5H3,(H,21,22)(H,23,25);1H. The van der Waals surface area contributed by atoms with E-state index in [1.54, 1.807) is 19.2 Å². The summed E-state index contributed by atoms with van der Waals surface area (Å²) in [6.07, 6.45) is 0.392. The molecule has 2 N–H and O–H groups in total. The summed E-state index contributed by atoms with van der Waals surface area (Å²) in [6.45, 7) is 7.34. The molecule has 9 heteroatoms. The van der Waals surface area contributed by atoms with E-state index in [-0.39, 0.29) is 35.8 Å². The van der Waals surface area contributed by atoms with E-state index in [4.69, 9.17) is 9.47 Å². The Morgan fingerprint density at radius 1 is 1.39 bits per heavy atom. The molecule has 1 amide bonds. The van der Waals surface area contributed by atoms with Gasteiger partial charge >= 0.3 is 6.09 Å². The zero-order valence-electron chi connectivity index (χ0n) is 17.0. The van der Waals surface area contributed by atoms with Crippen LogP contribution in [0.3, 0.4) is 0 Å². The Morgan fingerprint density at radius 2 is 2.11 bits per heavy atom. The van der Waals surface area contributed by atoms with E-state index in [0.29, 0.717) is 19.0 Å². The van der Waals surface area contributed by atoms with Crippen LogP contribution < -0.4 is 15.4 Å². The van der Waals surface area contributed by atoms with Gasteiger partial charge in [-0.3, -0.25) is 4.99 Å². The van der Waals surface area contributed by atoms with Crippen molar-refractivity contribution in [2.45, 2.75) is 45.4 Å². The van der Waals surface area contributed by atoms with Crippen LogP contribution in [-0.4, -0.2) is 55.8 Å². The molecule has 1 saturated heterocycles. The Hall–Kier alpha value is -1.78. The van der Waals surface area contributed by atoms with Crippen molar-refractivity contribution in [3.63, 3.8) is 0 Å². The van der Waals surface area contributed by atoms with Gasteiger partial charge in [-0.15, -0.1) is 24.0 Å². The van der Waals surface area contributed by atoms with Crippen LogP contribution in [0.15, 0.2) is 23.2 Å². The van der Waals surface area contributed by atoms with Gasteiger partial charge in [-0.1, -0.05) is 6.07 Å². The number of likely N-dealkylation sites (tertiary alicyclic amines) is 1. The number of methoxy groups -OCH3 is 1. The second kappa shape index (κ2) is 10.7. The van der Waals surface area contributed by atoms with Gasteiger partial charge in [0.2, 0.25) is 0 Å². The molecule has 0 radical (unpaired) electrons. The number of benzene rings is 1.